The van der Waals surface area contributed by atoms with E-state index < -0.39 is 5.97 Å². The van der Waals surface area contributed by atoms with Crippen LogP contribution in [0.3, 0.4) is 0 Å². The number of hydrogen-bond acceptors (Lipinski definition) is 6. The van der Waals surface area contributed by atoms with Crippen molar-refractivity contribution in [2.24, 2.45) is 0 Å². The molecule has 0 saturated carbocycles. The van der Waals surface area contributed by atoms with Crippen LogP contribution in [0.5, 0.6) is 5.88 Å². The fourth-order valence-corrected chi connectivity index (χ4v) is 1.45. The number of ether oxygens (including phenoxy) is 1. The van der Waals surface area contributed by atoms with Gasteiger partial charge in [-0.3, -0.25) is 0 Å². The van der Waals surface area contributed by atoms with Crippen LogP contribution in [0.4, 0.5) is 0 Å². The van der Waals surface area contributed by atoms with Gasteiger partial charge in [0.05, 0.1) is 7.11 Å². The Morgan fingerprint density at radius 3 is 2.95 bits per heavy atom. The SMILES string of the molecule is COc1ccnc(-c2cc[n+](CCC(=O)[O-])nc2)n1. The molecule has 0 fully saturated rings. The second kappa shape index (κ2) is 5.85. The third-order valence-electron chi connectivity index (χ3n) is 2.41. The maximum atomic E-state index is 10.3. The topological polar surface area (TPSA) is 91.9 Å². The first kappa shape index (κ1) is 12.9. The number of nitrogens with zero attached hydrogens (tertiary/aromatic N) is 4. The third kappa shape index (κ3) is 3.44. The number of carbonyl (C=O) groups excluding carboxylic acids is 1. The molecule has 0 unspecified atom stereocenters. The van der Waals surface area contributed by atoms with Gasteiger partial charge >= 0.3 is 0 Å². The summed E-state index contributed by atoms with van der Waals surface area (Å²) in [5.41, 5.74) is 0.726. The summed E-state index contributed by atoms with van der Waals surface area (Å²) in [5, 5.41) is 14.4. The Morgan fingerprint density at radius 2 is 2.32 bits per heavy atom. The van der Waals surface area contributed by atoms with E-state index in [1.54, 1.807) is 30.7 Å². The predicted molar refractivity (Wildman–Crippen MR) is 61.6 cm³/mol. The number of aryl methyl sites for hydroxylation is 1. The van der Waals surface area contributed by atoms with Crippen LogP contribution in [0.1, 0.15) is 6.42 Å². The molecule has 2 heterocycles. The van der Waals surface area contributed by atoms with E-state index >= 15 is 0 Å². The fraction of sp³-hybridized carbons (Fsp3) is 0.250. The minimum atomic E-state index is -1.10. The highest BCUT2D eigenvalue weighted by Crippen LogP contribution is 2.14. The van der Waals surface area contributed by atoms with Crippen molar-refractivity contribution in [3.63, 3.8) is 0 Å². The molecule has 0 amide bonds. The first-order chi connectivity index (χ1) is 9.19. The number of carbonyl (C=O) groups is 1. The van der Waals surface area contributed by atoms with Crippen LogP contribution in [0.25, 0.3) is 11.4 Å². The van der Waals surface area contributed by atoms with E-state index in [-0.39, 0.29) is 13.0 Å². The third-order valence-corrected chi connectivity index (χ3v) is 2.41. The number of methoxy groups -OCH3 is 1. The van der Waals surface area contributed by atoms with Gasteiger partial charge in [-0.15, -0.1) is 0 Å². The Hall–Kier alpha value is -2.57. The summed E-state index contributed by atoms with van der Waals surface area (Å²) in [7, 11) is 1.53. The molecule has 0 bridgehead atoms. The van der Waals surface area contributed by atoms with E-state index in [4.69, 9.17) is 4.74 Å². The number of aliphatic carboxylic acids is 1. The minimum absolute atomic E-state index is 0.0767. The first-order valence-corrected chi connectivity index (χ1v) is 5.62. The molecule has 0 aliphatic carbocycles. The molecule has 0 aromatic carbocycles. The lowest BCUT2D eigenvalue weighted by Crippen LogP contribution is -2.40. The van der Waals surface area contributed by atoms with E-state index in [1.807, 2.05) is 0 Å². The Kier molecular flexibility index (Phi) is 3.97. The van der Waals surface area contributed by atoms with E-state index in [9.17, 15) is 9.90 Å². The molecule has 0 saturated heterocycles. The summed E-state index contributed by atoms with van der Waals surface area (Å²) in [6.07, 6.45) is 4.76. The van der Waals surface area contributed by atoms with Crippen molar-refractivity contribution in [1.82, 2.24) is 15.1 Å². The van der Waals surface area contributed by atoms with Crippen molar-refractivity contribution < 1.29 is 19.3 Å². The molecule has 98 valence electrons. The lowest BCUT2D eigenvalue weighted by Gasteiger charge is -2.01. The molecule has 0 spiro atoms. The van der Waals surface area contributed by atoms with Crippen molar-refractivity contribution in [2.75, 3.05) is 7.11 Å². The monoisotopic (exact) mass is 260 g/mol. The molecule has 2 aromatic heterocycles. The van der Waals surface area contributed by atoms with Crippen molar-refractivity contribution in [3.8, 4) is 17.3 Å². The van der Waals surface area contributed by atoms with Gasteiger partial charge in [-0.1, -0.05) is 4.68 Å². The summed E-state index contributed by atoms with van der Waals surface area (Å²) in [5.74, 6) is -0.132. The lowest BCUT2D eigenvalue weighted by atomic mass is 10.3. The van der Waals surface area contributed by atoms with E-state index in [0.717, 1.165) is 5.56 Å². The van der Waals surface area contributed by atoms with Crippen molar-refractivity contribution in [1.29, 1.82) is 0 Å². The van der Waals surface area contributed by atoms with Gasteiger partial charge in [0.15, 0.2) is 18.6 Å². The molecule has 0 aliphatic heterocycles. The summed E-state index contributed by atoms with van der Waals surface area (Å²) >= 11 is 0. The Balaban J connectivity index is 2.15. The zero-order valence-electron chi connectivity index (χ0n) is 10.3. The standard InChI is InChI=1S/C12H12N4O3/c1-19-10-2-5-13-12(15-10)9-3-6-16(14-8-9)7-4-11(17)18/h2-3,5-6,8H,4,7H2,1H3. The number of carboxylic acids is 1. The number of hydrogen-bond donors (Lipinski definition) is 0. The van der Waals surface area contributed by atoms with E-state index in [0.29, 0.717) is 11.7 Å². The van der Waals surface area contributed by atoms with Gasteiger partial charge in [0, 0.05) is 36.3 Å². The molecular formula is C12H12N4O3. The zero-order valence-corrected chi connectivity index (χ0v) is 10.3. The molecule has 0 aliphatic rings. The Labute approximate surface area is 109 Å². The Morgan fingerprint density at radius 1 is 1.47 bits per heavy atom. The van der Waals surface area contributed by atoms with Gasteiger partial charge in [0.1, 0.15) is 6.20 Å². The molecule has 0 atom stereocenters. The van der Waals surface area contributed by atoms with Crippen molar-refractivity contribution in [2.45, 2.75) is 13.0 Å². The highest BCUT2D eigenvalue weighted by molar-refractivity contribution is 5.63. The van der Waals surface area contributed by atoms with Crippen molar-refractivity contribution >= 4 is 5.97 Å². The smallest absolute Gasteiger partial charge is 0.216 e. The second-order valence-electron chi connectivity index (χ2n) is 3.72. The van der Waals surface area contributed by atoms with Crippen LogP contribution >= 0.6 is 0 Å². The maximum Gasteiger partial charge on any atom is 0.216 e. The first-order valence-electron chi connectivity index (χ1n) is 5.62. The minimum Gasteiger partial charge on any atom is -0.550 e. The van der Waals surface area contributed by atoms with E-state index in [2.05, 4.69) is 15.1 Å². The van der Waals surface area contributed by atoms with Gasteiger partial charge in [-0.05, 0) is 5.10 Å². The van der Waals surface area contributed by atoms with Crippen LogP contribution in [-0.4, -0.2) is 28.1 Å². The predicted octanol–water partition coefficient (Wildman–Crippen LogP) is -1.03. The van der Waals surface area contributed by atoms with Crippen LogP contribution in [0, 0.1) is 0 Å². The molecular weight excluding hydrogens is 248 g/mol. The van der Waals surface area contributed by atoms with Crippen LogP contribution in [-0.2, 0) is 11.3 Å². The Bertz CT molecular complexity index is 571. The van der Waals surface area contributed by atoms with Gasteiger partial charge in [-0.2, -0.15) is 4.98 Å². The number of carboxylic acid groups (broad SMARTS) is 1. The summed E-state index contributed by atoms with van der Waals surface area (Å²) in [6, 6.07) is 3.41. The van der Waals surface area contributed by atoms with E-state index in [1.165, 1.54) is 11.8 Å². The normalized spacial score (nSPS) is 10.2. The number of rotatable bonds is 5. The average molecular weight is 260 g/mol. The molecule has 2 aromatic rings. The van der Waals surface area contributed by atoms with Gasteiger partial charge in [0.2, 0.25) is 5.88 Å². The number of aromatic nitrogens is 4. The highest BCUT2D eigenvalue weighted by atomic mass is 16.5. The quantitative estimate of drug-likeness (QED) is 0.639. The zero-order chi connectivity index (χ0) is 13.7. The fourth-order valence-electron chi connectivity index (χ4n) is 1.45. The molecule has 7 nitrogen and oxygen atoms in total. The summed E-state index contributed by atoms with van der Waals surface area (Å²) < 4.78 is 6.53. The average Bonchev–Trinajstić information content (AvgIpc) is 2.45. The van der Waals surface area contributed by atoms with Gasteiger partial charge in [-0.25, -0.2) is 4.98 Å². The summed E-state index contributed by atoms with van der Waals surface area (Å²) in [6.45, 7) is 0.265. The van der Waals surface area contributed by atoms with Crippen LogP contribution < -0.4 is 14.5 Å². The van der Waals surface area contributed by atoms with Gasteiger partial charge in [0.25, 0.3) is 0 Å². The maximum absolute atomic E-state index is 10.3. The van der Waals surface area contributed by atoms with Crippen molar-refractivity contribution in [3.05, 3.63) is 30.7 Å². The van der Waals surface area contributed by atoms with Crippen LogP contribution in [0.15, 0.2) is 30.7 Å². The van der Waals surface area contributed by atoms with Gasteiger partial charge < -0.3 is 14.6 Å². The molecule has 0 N–H and O–H groups in total. The molecule has 7 heteroatoms. The lowest BCUT2D eigenvalue weighted by molar-refractivity contribution is -0.753. The molecule has 19 heavy (non-hydrogen) atoms. The molecule has 0 radical (unpaired) electrons. The molecule has 2 rings (SSSR count). The second-order valence-corrected chi connectivity index (χ2v) is 3.72. The van der Waals surface area contributed by atoms with Crippen LogP contribution in [0.2, 0.25) is 0 Å². The summed E-state index contributed by atoms with van der Waals surface area (Å²) in [4.78, 5) is 18.6. The highest BCUT2D eigenvalue weighted by Gasteiger charge is 2.07. The largest absolute Gasteiger partial charge is 0.550 e.